The van der Waals surface area contributed by atoms with Gasteiger partial charge in [0, 0.05) is 42.1 Å². The number of aromatic nitrogens is 4. The second-order valence-corrected chi connectivity index (χ2v) is 6.21. The quantitative estimate of drug-likeness (QED) is 0.568. The van der Waals surface area contributed by atoms with Crippen LogP contribution in [0, 0.1) is 0 Å². The van der Waals surface area contributed by atoms with E-state index in [9.17, 15) is 18.0 Å². The van der Waals surface area contributed by atoms with Crippen LogP contribution in [0.4, 0.5) is 13.2 Å². The summed E-state index contributed by atoms with van der Waals surface area (Å²) >= 11 is 0. The topological polar surface area (TPSA) is 72.2 Å². The molecule has 0 radical (unpaired) electrons. The van der Waals surface area contributed by atoms with Gasteiger partial charge in [-0.3, -0.25) is 19.2 Å². The number of carbonyl (C=O) groups excluding carboxylic acids is 1. The van der Waals surface area contributed by atoms with Gasteiger partial charge < -0.3 is 5.32 Å². The van der Waals surface area contributed by atoms with Crippen LogP contribution < -0.4 is 5.32 Å². The normalized spacial score (nSPS) is 12.7. The lowest BCUT2D eigenvalue weighted by molar-refractivity contribution is -0.155. The zero-order valence-electron chi connectivity index (χ0n) is 14.8. The molecule has 0 saturated carbocycles. The number of alkyl halides is 3. The van der Waals surface area contributed by atoms with Crippen LogP contribution in [-0.2, 0) is 0 Å². The number of hydrogen-bond donors (Lipinski definition) is 1. The van der Waals surface area contributed by atoms with Crippen molar-refractivity contribution in [3.05, 3.63) is 84.8 Å². The number of nitrogens with zero attached hydrogens (tertiary/aromatic N) is 4. The van der Waals surface area contributed by atoms with E-state index in [1.807, 2.05) is 5.32 Å². The molecule has 1 atom stereocenters. The molecule has 0 aromatic carbocycles. The molecule has 1 amide bonds. The molecule has 0 bridgehead atoms. The van der Waals surface area contributed by atoms with Gasteiger partial charge in [0.05, 0.1) is 11.2 Å². The Morgan fingerprint density at radius 3 is 2.48 bits per heavy atom. The van der Waals surface area contributed by atoms with Gasteiger partial charge in [-0.1, -0.05) is 12.1 Å². The molecule has 0 aliphatic heterocycles. The van der Waals surface area contributed by atoms with E-state index in [0.717, 1.165) is 6.20 Å². The van der Waals surface area contributed by atoms with Crippen LogP contribution in [0.15, 0.2) is 73.4 Å². The van der Waals surface area contributed by atoms with Crippen molar-refractivity contribution in [2.75, 3.05) is 0 Å². The lowest BCUT2D eigenvalue weighted by Crippen LogP contribution is -2.38. The van der Waals surface area contributed by atoms with Crippen molar-refractivity contribution in [1.29, 1.82) is 0 Å². The summed E-state index contributed by atoms with van der Waals surface area (Å²) in [6, 6.07) is 9.04. The van der Waals surface area contributed by atoms with Crippen LogP contribution in [-0.4, -0.2) is 31.4 Å². The number of amides is 1. The molecule has 1 unspecified atom stereocenters. The molecule has 146 valence electrons. The second kappa shape index (κ2) is 7.34. The molecule has 4 aromatic rings. The van der Waals surface area contributed by atoms with Gasteiger partial charge in [-0.05, 0) is 30.3 Å². The highest BCUT2D eigenvalue weighted by atomic mass is 19.4. The van der Waals surface area contributed by atoms with Crippen LogP contribution in [0.3, 0.4) is 0 Å². The average Bonchev–Trinajstić information content (AvgIpc) is 3.12. The van der Waals surface area contributed by atoms with Gasteiger partial charge in [0.15, 0.2) is 6.04 Å². The highest BCUT2D eigenvalue weighted by Crippen LogP contribution is 2.33. The monoisotopic (exact) mass is 397 g/mol. The second-order valence-electron chi connectivity index (χ2n) is 6.21. The molecule has 0 saturated heterocycles. The molecule has 4 rings (SSSR count). The maximum absolute atomic E-state index is 13.6. The number of hydrogen-bond acceptors (Lipinski definition) is 4. The highest BCUT2D eigenvalue weighted by Gasteiger charge is 2.42. The van der Waals surface area contributed by atoms with Crippen LogP contribution in [0.5, 0.6) is 0 Å². The molecule has 0 aliphatic carbocycles. The van der Waals surface area contributed by atoms with E-state index in [4.69, 9.17) is 0 Å². The largest absolute Gasteiger partial charge is 0.412 e. The number of carbonyl (C=O) groups is 1. The van der Waals surface area contributed by atoms with Crippen LogP contribution >= 0.6 is 0 Å². The third kappa shape index (κ3) is 3.66. The summed E-state index contributed by atoms with van der Waals surface area (Å²) in [6.07, 6.45) is 2.47. The predicted octanol–water partition coefficient (Wildman–Crippen LogP) is 3.82. The maximum Gasteiger partial charge on any atom is 0.412 e. The van der Waals surface area contributed by atoms with Crippen LogP contribution in [0.2, 0.25) is 0 Å². The van der Waals surface area contributed by atoms with Gasteiger partial charge in [-0.15, -0.1) is 0 Å². The predicted molar refractivity (Wildman–Crippen MR) is 98.9 cm³/mol. The summed E-state index contributed by atoms with van der Waals surface area (Å²) in [7, 11) is 0. The fourth-order valence-electron chi connectivity index (χ4n) is 3.02. The minimum atomic E-state index is -4.69. The number of fused-ring (bicyclic) bond motifs is 1. The lowest BCUT2D eigenvalue weighted by Gasteiger charge is -2.21. The van der Waals surface area contributed by atoms with Crippen molar-refractivity contribution >= 4 is 11.4 Å². The molecule has 1 N–H and O–H groups in total. The summed E-state index contributed by atoms with van der Waals surface area (Å²) in [5, 5.41) is 2.05. The molecule has 29 heavy (non-hydrogen) atoms. The first-order valence-corrected chi connectivity index (χ1v) is 8.60. The number of pyridine rings is 3. The Morgan fingerprint density at radius 2 is 1.79 bits per heavy atom. The average molecular weight is 397 g/mol. The van der Waals surface area contributed by atoms with E-state index in [0.29, 0.717) is 16.8 Å². The fraction of sp³-hybridized carbons (Fsp3) is 0.100. The number of nitrogens with one attached hydrogen (secondary N) is 1. The first kappa shape index (κ1) is 18.6. The minimum absolute atomic E-state index is 0.148. The molecular formula is C20H14F3N5O. The summed E-state index contributed by atoms with van der Waals surface area (Å²) in [4.78, 5) is 24.8. The number of rotatable bonds is 4. The first-order chi connectivity index (χ1) is 13.9. The Morgan fingerprint density at radius 1 is 1.00 bits per heavy atom. The molecule has 4 heterocycles. The summed E-state index contributed by atoms with van der Waals surface area (Å²) in [5.41, 5.74) is 1.60. The molecule has 9 heteroatoms. The third-order valence-corrected chi connectivity index (χ3v) is 4.33. The SMILES string of the molecule is O=C(NC(c1cccnc1)C(F)(F)F)c1nc(-c2ccncc2)c2ccccn12. The van der Waals surface area contributed by atoms with Gasteiger partial charge in [0.1, 0.15) is 0 Å². The van der Waals surface area contributed by atoms with Crippen molar-refractivity contribution in [2.24, 2.45) is 0 Å². The van der Waals surface area contributed by atoms with E-state index in [2.05, 4.69) is 15.0 Å². The Kier molecular flexibility index (Phi) is 4.71. The van der Waals surface area contributed by atoms with Crippen molar-refractivity contribution in [3.63, 3.8) is 0 Å². The third-order valence-electron chi connectivity index (χ3n) is 4.33. The van der Waals surface area contributed by atoms with Gasteiger partial charge in [0.2, 0.25) is 5.82 Å². The Bertz CT molecular complexity index is 1140. The maximum atomic E-state index is 13.6. The first-order valence-electron chi connectivity index (χ1n) is 8.60. The van der Waals surface area contributed by atoms with Crippen LogP contribution in [0.25, 0.3) is 16.8 Å². The van der Waals surface area contributed by atoms with Gasteiger partial charge >= 0.3 is 6.18 Å². The van der Waals surface area contributed by atoms with Gasteiger partial charge in [-0.2, -0.15) is 13.2 Å². The number of halogens is 3. The van der Waals surface area contributed by atoms with Crippen molar-refractivity contribution in [3.8, 4) is 11.3 Å². The fourth-order valence-corrected chi connectivity index (χ4v) is 3.02. The van der Waals surface area contributed by atoms with E-state index in [1.54, 1.807) is 48.9 Å². The minimum Gasteiger partial charge on any atom is -0.334 e. The molecular weight excluding hydrogens is 383 g/mol. The van der Waals surface area contributed by atoms with Crippen molar-refractivity contribution in [1.82, 2.24) is 24.7 Å². The smallest absolute Gasteiger partial charge is 0.334 e. The number of imidazole rings is 1. The molecule has 4 aromatic heterocycles. The van der Waals surface area contributed by atoms with Crippen molar-refractivity contribution < 1.29 is 18.0 Å². The van der Waals surface area contributed by atoms with Gasteiger partial charge in [0.25, 0.3) is 5.91 Å². The van der Waals surface area contributed by atoms with E-state index >= 15 is 0 Å². The van der Waals surface area contributed by atoms with E-state index < -0.39 is 18.1 Å². The zero-order chi connectivity index (χ0) is 20.4. The lowest BCUT2D eigenvalue weighted by atomic mass is 10.1. The summed E-state index contributed by atoms with van der Waals surface area (Å²) in [6.45, 7) is 0. The summed E-state index contributed by atoms with van der Waals surface area (Å²) < 4.78 is 42.2. The molecule has 0 aliphatic rings. The van der Waals surface area contributed by atoms with Crippen LogP contribution in [0.1, 0.15) is 22.2 Å². The Balaban J connectivity index is 1.76. The molecule has 0 fully saturated rings. The Hall–Kier alpha value is -3.75. The van der Waals surface area contributed by atoms with Gasteiger partial charge in [-0.25, -0.2) is 4.98 Å². The standard InChI is InChI=1S/C20H14F3N5O/c21-20(22,23)17(14-4-3-8-25-12-14)27-19(29)18-26-16(13-6-9-24-10-7-13)15-5-1-2-11-28(15)18/h1-12,17H,(H,27,29). The highest BCUT2D eigenvalue weighted by molar-refractivity contribution is 5.94. The zero-order valence-corrected chi connectivity index (χ0v) is 14.8. The Labute approximate surface area is 163 Å². The van der Waals surface area contributed by atoms with E-state index in [-0.39, 0.29) is 11.4 Å². The van der Waals surface area contributed by atoms with E-state index in [1.165, 1.54) is 22.7 Å². The summed E-state index contributed by atoms with van der Waals surface area (Å²) in [5.74, 6) is -1.09. The molecule has 0 spiro atoms. The van der Waals surface area contributed by atoms with Crippen molar-refractivity contribution in [2.45, 2.75) is 12.2 Å². The molecule has 6 nitrogen and oxygen atoms in total.